The Labute approximate surface area is 227 Å². The van der Waals surface area contributed by atoms with Crippen molar-refractivity contribution in [1.82, 2.24) is 39.5 Å². The molecule has 0 saturated carbocycles. The molecule has 6 heterocycles. The monoisotopic (exact) mass is 560 g/mol. The second kappa shape index (κ2) is 10.0. The summed E-state index contributed by atoms with van der Waals surface area (Å²) >= 11 is 6.38. The number of piperidine rings is 1. The fourth-order valence-corrected chi connectivity index (χ4v) is 5.26. The zero-order valence-corrected chi connectivity index (χ0v) is 22.1. The predicted octanol–water partition coefficient (Wildman–Crippen LogP) is 2.75. The molecule has 0 aliphatic carbocycles. The van der Waals surface area contributed by atoms with Crippen molar-refractivity contribution < 1.29 is 23.4 Å². The van der Waals surface area contributed by atoms with Crippen LogP contribution >= 0.6 is 11.6 Å². The molecule has 206 valence electrons. The van der Waals surface area contributed by atoms with Gasteiger partial charge in [0.25, 0.3) is 0 Å². The van der Waals surface area contributed by atoms with Gasteiger partial charge in [0, 0.05) is 24.8 Å². The van der Waals surface area contributed by atoms with Crippen molar-refractivity contribution in [2.24, 2.45) is 0 Å². The van der Waals surface area contributed by atoms with Gasteiger partial charge in [-0.3, -0.25) is 4.90 Å². The molecule has 2 fully saturated rings. The lowest BCUT2D eigenvalue weighted by molar-refractivity contribution is -0.0849. The molecule has 3 atom stereocenters. The van der Waals surface area contributed by atoms with Gasteiger partial charge in [0.15, 0.2) is 17.2 Å². The van der Waals surface area contributed by atoms with Crippen molar-refractivity contribution >= 4 is 17.1 Å². The maximum atomic E-state index is 15.3. The van der Waals surface area contributed by atoms with Crippen LogP contribution in [0.4, 0.5) is 8.78 Å². The van der Waals surface area contributed by atoms with E-state index in [1.165, 1.54) is 13.1 Å². The van der Waals surface area contributed by atoms with Crippen LogP contribution in [0.2, 0.25) is 5.02 Å². The smallest absolute Gasteiger partial charge is 0.163 e. The van der Waals surface area contributed by atoms with Crippen molar-refractivity contribution in [1.29, 1.82) is 0 Å². The number of alkyl halides is 1. The summed E-state index contributed by atoms with van der Waals surface area (Å²) in [7, 11) is 0. The summed E-state index contributed by atoms with van der Waals surface area (Å²) in [5, 5.41) is 24.2. The molecule has 1 unspecified atom stereocenters. The number of pyridine rings is 1. The van der Waals surface area contributed by atoms with Gasteiger partial charge in [0.1, 0.15) is 29.7 Å². The first-order chi connectivity index (χ1) is 18.7. The first kappa shape index (κ1) is 26.0. The van der Waals surface area contributed by atoms with Gasteiger partial charge in [-0.2, -0.15) is 5.10 Å². The number of ether oxygens (including phenoxy) is 2. The SMILES string of the molecule is Cc1c(-c2cc(OCC(C)(O)c3ncc(F)cn3)c3c(Cl)cnn3c2)nnn1[C@@H]1CCN(C2COC2)C[C@@H]1F. The summed E-state index contributed by atoms with van der Waals surface area (Å²) in [6.45, 7) is 5.47. The zero-order chi connectivity index (χ0) is 27.3. The minimum absolute atomic E-state index is 0.00567. The third kappa shape index (κ3) is 4.84. The summed E-state index contributed by atoms with van der Waals surface area (Å²) in [6, 6.07) is 1.59. The Kier molecular flexibility index (Phi) is 6.69. The van der Waals surface area contributed by atoms with Gasteiger partial charge in [-0.25, -0.2) is 27.9 Å². The van der Waals surface area contributed by atoms with Crippen molar-refractivity contribution in [2.75, 3.05) is 32.9 Å². The number of rotatable bonds is 7. The minimum Gasteiger partial charge on any atom is -0.488 e. The third-order valence-corrected chi connectivity index (χ3v) is 7.61. The van der Waals surface area contributed by atoms with Gasteiger partial charge in [-0.1, -0.05) is 16.8 Å². The average molecular weight is 561 g/mol. The van der Waals surface area contributed by atoms with Gasteiger partial charge >= 0.3 is 0 Å². The molecule has 2 aliphatic rings. The van der Waals surface area contributed by atoms with Crippen LogP contribution in [-0.2, 0) is 10.3 Å². The quantitative estimate of drug-likeness (QED) is 0.364. The molecule has 1 N–H and O–H groups in total. The Bertz CT molecular complexity index is 1490. The largest absolute Gasteiger partial charge is 0.488 e. The van der Waals surface area contributed by atoms with Crippen molar-refractivity contribution in [3.05, 3.63) is 53.2 Å². The van der Waals surface area contributed by atoms with E-state index in [-0.39, 0.29) is 18.5 Å². The molecular weight excluding hydrogens is 534 g/mol. The van der Waals surface area contributed by atoms with Gasteiger partial charge < -0.3 is 14.6 Å². The maximum absolute atomic E-state index is 15.3. The lowest BCUT2D eigenvalue weighted by Crippen LogP contribution is -2.55. The molecule has 0 radical (unpaired) electrons. The van der Waals surface area contributed by atoms with Crippen LogP contribution in [-0.4, -0.2) is 89.7 Å². The van der Waals surface area contributed by atoms with Crippen LogP contribution in [0.5, 0.6) is 5.75 Å². The number of likely N-dealkylation sites (tertiary alicyclic amines) is 1. The van der Waals surface area contributed by atoms with Crippen LogP contribution in [0.15, 0.2) is 30.9 Å². The normalized spacial score (nSPS) is 22.1. The first-order valence-corrected chi connectivity index (χ1v) is 13.0. The van der Waals surface area contributed by atoms with Gasteiger partial charge in [0.05, 0.1) is 54.6 Å². The average Bonchev–Trinajstić information content (AvgIpc) is 3.44. The molecule has 39 heavy (non-hydrogen) atoms. The summed E-state index contributed by atoms with van der Waals surface area (Å²) in [6.07, 6.45) is 4.70. The summed E-state index contributed by atoms with van der Waals surface area (Å²) < 4.78 is 43.0. The van der Waals surface area contributed by atoms with E-state index in [4.69, 9.17) is 21.1 Å². The number of nitrogens with zero attached hydrogens (tertiary/aromatic N) is 8. The molecule has 11 nitrogen and oxygen atoms in total. The topological polar surface area (TPSA) is 116 Å². The first-order valence-electron chi connectivity index (χ1n) is 12.6. The van der Waals surface area contributed by atoms with E-state index in [1.54, 1.807) is 21.5 Å². The molecule has 4 aromatic heterocycles. The molecule has 6 rings (SSSR count). The molecule has 0 bridgehead atoms. The summed E-state index contributed by atoms with van der Waals surface area (Å²) in [4.78, 5) is 9.87. The summed E-state index contributed by atoms with van der Waals surface area (Å²) in [5.74, 6) is -0.284. The fourth-order valence-electron chi connectivity index (χ4n) is 5.04. The second-order valence-electron chi connectivity index (χ2n) is 10.2. The molecule has 0 spiro atoms. The Hall–Kier alpha value is -3.26. The van der Waals surface area contributed by atoms with Crippen LogP contribution in [0.1, 0.15) is 30.9 Å². The Morgan fingerprint density at radius 2 is 2.03 bits per heavy atom. The number of hydrogen-bond acceptors (Lipinski definition) is 9. The number of aromatic nitrogens is 7. The van der Waals surface area contributed by atoms with Gasteiger partial charge in [0.2, 0.25) is 0 Å². The molecular formula is C25H27ClF2N8O3. The van der Waals surface area contributed by atoms with Crippen LogP contribution in [0.25, 0.3) is 16.8 Å². The zero-order valence-electron chi connectivity index (χ0n) is 21.3. The lowest BCUT2D eigenvalue weighted by atomic mass is 10.00. The van der Waals surface area contributed by atoms with Crippen molar-refractivity contribution in [3.63, 3.8) is 0 Å². The molecule has 0 amide bonds. The van der Waals surface area contributed by atoms with E-state index in [0.29, 0.717) is 59.4 Å². The molecule has 0 aromatic carbocycles. The minimum atomic E-state index is -1.62. The molecule has 2 saturated heterocycles. The Morgan fingerprint density at radius 1 is 1.26 bits per heavy atom. The Morgan fingerprint density at radius 3 is 2.72 bits per heavy atom. The number of aliphatic hydroxyl groups is 1. The maximum Gasteiger partial charge on any atom is 0.163 e. The van der Waals surface area contributed by atoms with E-state index in [0.717, 1.165) is 18.9 Å². The molecule has 14 heteroatoms. The van der Waals surface area contributed by atoms with Crippen LogP contribution in [0, 0.1) is 12.7 Å². The van der Waals surface area contributed by atoms with E-state index in [1.807, 2.05) is 6.92 Å². The van der Waals surface area contributed by atoms with Crippen LogP contribution in [0.3, 0.4) is 0 Å². The number of fused-ring (bicyclic) bond motifs is 1. The second-order valence-corrected chi connectivity index (χ2v) is 10.6. The summed E-state index contributed by atoms with van der Waals surface area (Å²) in [5.41, 5.74) is 0.737. The van der Waals surface area contributed by atoms with E-state index in [9.17, 15) is 9.50 Å². The van der Waals surface area contributed by atoms with Gasteiger partial charge in [-0.15, -0.1) is 5.10 Å². The Balaban J connectivity index is 1.27. The molecule has 2 aliphatic heterocycles. The van der Waals surface area contributed by atoms with E-state index < -0.39 is 23.6 Å². The number of halogens is 3. The highest BCUT2D eigenvalue weighted by Crippen LogP contribution is 2.35. The lowest BCUT2D eigenvalue weighted by Gasteiger charge is -2.42. The van der Waals surface area contributed by atoms with Crippen molar-refractivity contribution in [2.45, 2.75) is 44.1 Å². The van der Waals surface area contributed by atoms with Gasteiger partial charge in [-0.05, 0) is 26.3 Å². The van der Waals surface area contributed by atoms with E-state index >= 15 is 4.39 Å². The third-order valence-electron chi connectivity index (χ3n) is 7.33. The predicted molar refractivity (Wildman–Crippen MR) is 136 cm³/mol. The standard InChI is InChI=1S/C25H27ClF2N8O3/c1-14-22(32-33-36(14)20-3-4-34(10-19(20)28)17-11-38-12-17)15-5-21(23-18(26)8-31-35(23)9-15)39-13-25(2,37)24-29-6-16(27)7-30-24/h5-9,17,19-20,37H,3-4,10-13H2,1-2H3/t19-,20+,25?/m0/s1. The molecule has 4 aromatic rings. The fraction of sp³-hybridized carbons (Fsp3) is 0.480. The highest BCUT2D eigenvalue weighted by Gasteiger charge is 2.37. The van der Waals surface area contributed by atoms with E-state index in [2.05, 4.69) is 30.3 Å². The van der Waals surface area contributed by atoms with Crippen molar-refractivity contribution in [3.8, 4) is 17.0 Å². The highest BCUT2D eigenvalue weighted by molar-refractivity contribution is 6.34. The van der Waals surface area contributed by atoms with Crippen LogP contribution < -0.4 is 4.74 Å². The highest BCUT2D eigenvalue weighted by atomic mass is 35.5. The number of hydrogen-bond donors (Lipinski definition) is 1.